The van der Waals surface area contributed by atoms with Gasteiger partial charge < -0.3 is 4.57 Å². The maximum absolute atomic E-state index is 11.4. The molecule has 78 valence electrons. The van der Waals surface area contributed by atoms with E-state index in [2.05, 4.69) is 10.2 Å². The van der Waals surface area contributed by atoms with Gasteiger partial charge in [-0.3, -0.25) is 4.79 Å². The van der Waals surface area contributed by atoms with Crippen molar-refractivity contribution in [2.24, 2.45) is 7.05 Å². The second kappa shape index (κ2) is 4.59. The Hall–Kier alpha value is -0.840. The summed E-state index contributed by atoms with van der Waals surface area (Å²) >= 11 is 1.46. The van der Waals surface area contributed by atoms with E-state index in [1.807, 2.05) is 32.4 Å². The molecule has 5 heteroatoms. The summed E-state index contributed by atoms with van der Waals surface area (Å²) in [7, 11) is 1.90. The number of carbonyl (C=O) groups is 1. The average Bonchev–Trinajstić information content (AvgIpc) is 2.48. The maximum atomic E-state index is 11.4. The Morgan fingerprint density at radius 1 is 1.57 bits per heavy atom. The first-order chi connectivity index (χ1) is 6.56. The summed E-state index contributed by atoms with van der Waals surface area (Å²) in [5.41, 5.74) is 0. The van der Waals surface area contributed by atoms with Gasteiger partial charge in [0.25, 0.3) is 0 Å². The lowest BCUT2D eigenvalue weighted by atomic mass is 10.2. The highest BCUT2D eigenvalue weighted by atomic mass is 32.2. The third-order valence-corrected chi connectivity index (χ3v) is 3.32. The number of Topliss-reactive ketones (excluding diaryl/α,β-unsaturated/α-hetero) is 1. The predicted molar refractivity (Wildman–Crippen MR) is 56.4 cm³/mol. The molecule has 0 bridgehead atoms. The van der Waals surface area contributed by atoms with Gasteiger partial charge in [-0.1, -0.05) is 18.7 Å². The summed E-state index contributed by atoms with van der Waals surface area (Å²) in [6, 6.07) is 0. The lowest BCUT2D eigenvalue weighted by molar-refractivity contribution is -0.118. The largest absolute Gasteiger partial charge is 0.309 e. The summed E-state index contributed by atoms with van der Waals surface area (Å²) in [5, 5.41) is 8.69. The van der Waals surface area contributed by atoms with Crippen molar-refractivity contribution in [2.75, 3.05) is 0 Å². The molecule has 1 aromatic heterocycles. The van der Waals surface area contributed by atoms with E-state index in [1.54, 1.807) is 0 Å². The minimum absolute atomic E-state index is 0.0395. The summed E-state index contributed by atoms with van der Waals surface area (Å²) in [4.78, 5) is 11.4. The summed E-state index contributed by atoms with van der Waals surface area (Å²) in [5.74, 6) is 1.11. The monoisotopic (exact) mass is 213 g/mol. The number of aryl methyl sites for hydroxylation is 1. The van der Waals surface area contributed by atoms with Crippen molar-refractivity contribution in [1.29, 1.82) is 0 Å². The van der Waals surface area contributed by atoms with E-state index in [0.717, 1.165) is 11.0 Å². The third kappa shape index (κ3) is 2.35. The Morgan fingerprint density at radius 3 is 2.64 bits per heavy atom. The highest BCUT2D eigenvalue weighted by molar-refractivity contribution is 8.00. The minimum Gasteiger partial charge on any atom is -0.309 e. The van der Waals surface area contributed by atoms with Crippen LogP contribution < -0.4 is 0 Å². The number of hydrogen-bond donors (Lipinski definition) is 0. The molecule has 0 aliphatic rings. The SMILES string of the molecule is CCC(=O)C(C)Sc1nnc(C)n1C. The van der Waals surface area contributed by atoms with Crippen LogP contribution in [0.4, 0.5) is 0 Å². The molecule has 1 atom stereocenters. The normalized spacial score (nSPS) is 12.9. The third-order valence-electron chi connectivity index (χ3n) is 2.14. The molecule has 1 unspecified atom stereocenters. The summed E-state index contributed by atoms with van der Waals surface area (Å²) in [6.45, 7) is 5.67. The van der Waals surface area contributed by atoms with E-state index in [4.69, 9.17) is 0 Å². The van der Waals surface area contributed by atoms with Crippen LogP contribution in [0.5, 0.6) is 0 Å². The molecule has 14 heavy (non-hydrogen) atoms. The van der Waals surface area contributed by atoms with Crippen molar-refractivity contribution in [3.05, 3.63) is 5.82 Å². The van der Waals surface area contributed by atoms with Crippen molar-refractivity contribution in [2.45, 2.75) is 37.6 Å². The van der Waals surface area contributed by atoms with Gasteiger partial charge in [-0.25, -0.2) is 0 Å². The molecule has 0 aromatic carbocycles. The van der Waals surface area contributed by atoms with Crippen molar-refractivity contribution in [1.82, 2.24) is 14.8 Å². The number of ketones is 1. The molecule has 0 aliphatic carbocycles. The van der Waals surface area contributed by atoms with Crippen LogP contribution in [0.25, 0.3) is 0 Å². The van der Waals surface area contributed by atoms with Crippen LogP contribution in [0.1, 0.15) is 26.1 Å². The number of hydrogen-bond acceptors (Lipinski definition) is 4. The molecule has 1 aromatic rings. The second-order valence-electron chi connectivity index (χ2n) is 3.17. The Balaban J connectivity index is 2.69. The number of thioether (sulfide) groups is 1. The van der Waals surface area contributed by atoms with Gasteiger partial charge in [0.2, 0.25) is 0 Å². The fraction of sp³-hybridized carbons (Fsp3) is 0.667. The fourth-order valence-corrected chi connectivity index (χ4v) is 1.99. The lowest BCUT2D eigenvalue weighted by Gasteiger charge is -2.07. The number of carbonyl (C=O) groups excluding carboxylic acids is 1. The van der Waals surface area contributed by atoms with Crippen LogP contribution in [0.15, 0.2) is 5.16 Å². The van der Waals surface area contributed by atoms with Crippen LogP contribution in [-0.2, 0) is 11.8 Å². The number of nitrogens with zero attached hydrogens (tertiary/aromatic N) is 3. The zero-order chi connectivity index (χ0) is 10.7. The van der Waals surface area contributed by atoms with Crippen LogP contribution in [0.3, 0.4) is 0 Å². The average molecular weight is 213 g/mol. The Kier molecular flexibility index (Phi) is 3.69. The predicted octanol–water partition coefficient (Wildman–Crippen LogP) is 1.58. The summed E-state index contributed by atoms with van der Waals surface area (Å²) < 4.78 is 1.89. The maximum Gasteiger partial charge on any atom is 0.191 e. The standard InChI is InChI=1S/C9H15N3OS/c1-5-8(13)6(2)14-9-11-10-7(3)12(9)4/h6H,5H2,1-4H3. The van der Waals surface area contributed by atoms with Crippen LogP contribution in [0, 0.1) is 6.92 Å². The molecule has 0 aliphatic heterocycles. The zero-order valence-corrected chi connectivity index (χ0v) is 9.76. The fourth-order valence-electron chi connectivity index (χ4n) is 1.00. The molecule has 0 spiro atoms. The van der Waals surface area contributed by atoms with Gasteiger partial charge in [-0.15, -0.1) is 10.2 Å². The van der Waals surface area contributed by atoms with E-state index in [0.29, 0.717) is 6.42 Å². The van der Waals surface area contributed by atoms with Gasteiger partial charge in [0, 0.05) is 13.5 Å². The molecule has 4 nitrogen and oxygen atoms in total. The smallest absolute Gasteiger partial charge is 0.191 e. The topological polar surface area (TPSA) is 47.8 Å². The quantitative estimate of drug-likeness (QED) is 0.712. The van der Waals surface area contributed by atoms with E-state index in [9.17, 15) is 4.79 Å². The molecule has 0 saturated carbocycles. The molecule has 1 heterocycles. The minimum atomic E-state index is -0.0395. The molecular formula is C9H15N3OS. The van der Waals surface area contributed by atoms with Crippen molar-refractivity contribution in [3.8, 4) is 0 Å². The second-order valence-corrected chi connectivity index (χ2v) is 4.48. The van der Waals surface area contributed by atoms with Crippen LogP contribution >= 0.6 is 11.8 Å². The lowest BCUT2D eigenvalue weighted by Crippen LogP contribution is -2.12. The van der Waals surface area contributed by atoms with E-state index < -0.39 is 0 Å². The zero-order valence-electron chi connectivity index (χ0n) is 8.94. The van der Waals surface area contributed by atoms with Gasteiger partial charge in [0.15, 0.2) is 5.16 Å². The molecule has 0 radical (unpaired) electrons. The van der Waals surface area contributed by atoms with E-state index >= 15 is 0 Å². The highest BCUT2D eigenvalue weighted by Gasteiger charge is 2.15. The van der Waals surface area contributed by atoms with Crippen molar-refractivity contribution in [3.63, 3.8) is 0 Å². The highest BCUT2D eigenvalue weighted by Crippen LogP contribution is 2.22. The van der Waals surface area contributed by atoms with Crippen LogP contribution in [-0.4, -0.2) is 25.8 Å². The first kappa shape index (κ1) is 11.2. The van der Waals surface area contributed by atoms with Crippen molar-refractivity contribution >= 4 is 17.5 Å². The van der Waals surface area contributed by atoms with Gasteiger partial charge in [-0.05, 0) is 13.8 Å². The first-order valence-corrected chi connectivity index (χ1v) is 5.49. The molecule has 0 N–H and O–H groups in total. The Morgan fingerprint density at radius 2 is 2.21 bits per heavy atom. The van der Waals surface area contributed by atoms with Gasteiger partial charge in [-0.2, -0.15) is 0 Å². The Labute approximate surface area is 88.1 Å². The first-order valence-electron chi connectivity index (χ1n) is 4.61. The molecule has 0 amide bonds. The van der Waals surface area contributed by atoms with Crippen LogP contribution in [0.2, 0.25) is 0 Å². The molecule has 1 rings (SSSR count). The van der Waals surface area contributed by atoms with E-state index in [1.165, 1.54) is 11.8 Å². The number of aromatic nitrogens is 3. The molecule has 0 fully saturated rings. The number of rotatable bonds is 4. The molecular weight excluding hydrogens is 198 g/mol. The molecule has 0 saturated heterocycles. The van der Waals surface area contributed by atoms with Gasteiger partial charge in [0.05, 0.1) is 5.25 Å². The van der Waals surface area contributed by atoms with Gasteiger partial charge in [0.1, 0.15) is 11.6 Å². The van der Waals surface area contributed by atoms with E-state index in [-0.39, 0.29) is 11.0 Å². The Bertz CT molecular complexity index is 335. The summed E-state index contributed by atoms with van der Waals surface area (Å²) in [6.07, 6.45) is 0.574. The van der Waals surface area contributed by atoms with Crippen molar-refractivity contribution < 1.29 is 4.79 Å². The van der Waals surface area contributed by atoms with Gasteiger partial charge >= 0.3 is 0 Å².